The molecule has 0 aromatic carbocycles. The molecule has 1 aromatic heterocycles. The summed E-state index contributed by atoms with van der Waals surface area (Å²) >= 11 is 0. The number of nitrogens with zero attached hydrogens (tertiary/aromatic N) is 3. The fourth-order valence-electron chi connectivity index (χ4n) is 2.06. The number of halogens is 3. The Morgan fingerprint density at radius 3 is 2.50 bits per heavy atom. The molecule has 0 aliphatic carbocycles. The lowest BCUT2D eigenvalue weighted by atomic mass is 9.95. The van der Waals surface area contributed by atoms with Crippen molar-refractivity contribution < 1.29 is 28.2 Å². The number of aryl methyl sites for hydroxylation is 1. The van der Waals surface area contributed by atoms with Gasteiger partial charge in [0, 0.05) is 32.5 Å². The molecule has 0 spiro atoms. The van der Waals surface area contributed by atoms with Gasteiger partial charge >= 0.3 is 6.18 Å². The van der Waals surface area contributed by atoms with Crippen LogP contribution in [0.4, 0.5) is 13.2 Å². The minimum atomic E-state index is -5.04. The molecule has 112 valence electrons. The molecule has 1 aliphatic rings. The van der Waals surface area contributed by atoms with Crippen LogP contribution in [0.1, 0.15) is 12.2 Å². The highest BCUT2D eigenvalue weighted by Gasteiger charge is 2.59. The third kappa shape index (κ3) is 2.38. The number of hydrogen-bond acceptors (Lipinski definition) is 4. The molecule has 1 atom stereocenters. The van der Waals surface area contributed by atoms with Crippen molar-refractivity contribution in [1.82, 2.24) is 14.5 Å². The Labute approximate surface area is 112 Å². The minimum Gasteiger partial charge on any atom is -0.389 e. The number of aliphatic hydroxyl groups is 2. The van der Waals surface area contributed by atoms with Crippen molar-refractivity contribution in [1.29, 1.82) is 0 Å². The van der Waals surface area contributed by atoms with Crippen molar-refractivity contribution in [2.24, 2.45) is 7.05 Å². The number of likely N-dealkylation sites (tertiary alicyclic amines) is 1. The van der Waals surface area contributed by atoms with Crippen LogP contribution in [-0.2, 0) is 17.4 Å². The molecule has 0 bridgehead atoms. The van der Waals surface area contributed by atoms with Gasteiger partial charge in [-0.1, -0.05) is 0 Å². The van der Waals surface area contributed by atoms with Crippen molar-refractivity contribution in [3.05, 3.63) is 18.2 Å². The number of rotatable bonds is 3. The Bertz CT molecular complexity index is 511. The summed E-state index contributed by atoms with van der Waals surface area (Å²) in [7, 11) is 1.30. The van der Waals surface area contributed by atoms with E-state index in [1.54, 1.807) is 0 Å². The number of alkyl halides is 3. The van der Waals surface area contributed by atoms with Gasteiger partial charge in [0.25, 0.3) is 0 Å². The van der Waals surface area contributed by atoms with Gasteiger partial charge in [-0.05, 0) is 0 Å². The van der Waals surface area contributed by atoms with Gasteiger partial charge in [0.05, 0.1) is 12.5 Å². The van der Waals surface area contributed by atoms with E-state index in [9.17, 15) is 23.1 Å². The first-order chi connectivity index (χ1) is 9.15. The lowest BCUT2D eigenvalue weighted by Gasteiger charge is -2.38. The number of carbonyl (C=O) groups excluding carboxylic acids is 1. The molecule has 1 fully saturated rings. The minimum absolute atomic E-state index is 0.0205. The van der Waals surface area contributed by atoms with E-state index in [1.165, 1.54) is 13.2 Å². The van der Waals surface area contributed by atoms with Crippen LogP contribution in [0.15, 0.2) is 12.4 Å². The summed E-state index contributed by atoms with van der Waals surface area (Å²) in [6, 6.07) is 0. The third-order valence-electron chi connectivity index (χ3n) is 3.28. The van der Waals surface area contributed by atoms with E-state index >= 15 is 0 Å². The standard InChI is InChI=1S/C11H14F3N3O3/c1-16-3-2-15-9(16)10(20,11(12,13)14)4-8(19)17-5-7(18)6-17/h2-3,7,18,20H,4-6H2,1H3. The molecule has 1 aliphatic heterocycles. The average molecular weight is 293 g/mol. The van der Waals surface area contributed by atoms with E-state index in [1.807, 2.05) is 0 Å². The molecule has 9 heteroatoms. The smallest absolute Gasteiger partial charge is 0.389 e. The summed E-state index contributed by atoms with van der Waals surface area (Å²) in [6.07, 6.45) is -4.54. The van der Waals surface area contributed by atoms with Crippen molar-refractivity contribution in [3.8, 4) is 0 Å². The quantitative estimate of drug-likeness (QED) is 0.806. The second-order valence-electron chi connectivity index (χ2n) is 4.85. The topological polar surface area (TPSA) is 78.6 Å². The fraction of sp³-hybridized carbons (Fsp3) is 0.636. The Morgan fingerprint density at radius 2 is 2.10 bits per heavy atom. The maximum Gasteiger partial charge on any atom is 0.425 e. The number of imidazole rings is 1. The summed E-state index contributed by atoms with van der Waals surface area (Å²) in [5, 5.41) is 19.0. The van der Waals surface area contributed by atoms with Gasteiger partial charge in [-0.15, -0.1) is 0 Å². The van der Waals surface area contributed by atoms with Crippen LogP contribution >= 0.6 is 0 Å². The molecule has 1 aromatic rings. The number of hydrogen-bond donors (Lipinski definition) is 2. The maximum absolute atomic E-state index is 13.1. The fourth-order valence-corrected chi connectivity index (χ4v) is 2.06. The number of β-amino-alcohol motifs (C(OH)–C–C–N with tert-alkyl or cyclic N) is 1. The molecular formula is C11H14F3N3O3. The lowest BCUT2D eigenvalue weighted by molar-refractivity contribution is -0.272. The number of aromatic nitrogens is 2. The van der Waals surface area contributed by atoms with Crippen LogP contribution in [-0.4, -0.2) is 55.9 Å². The SMILES string of the molecule is Cn1ccnc1C(O)(CC(=O)N1CC(O)C1)C(F)(F)F. The zero-order valence-corrected chi connectivity index (χ0v) is 10.6. The van der Waals surface area contributed by atoms with Crippen LogP contribution < -0.4 is 0 Å². The maximum atomic E-state index is 13.1. The Morgan fingerprint density at radius 1 is 1.50 bits per heavy atom. The third-order valence-corrected chi connectivity index (χ3v) is 3.28. The molecule has 1 unspecified atom stereocenters. The zero-order valence-electron chi connectivity index (χ0n) is 10.6. The highest BCUT2D eigenvalue weighted by atomic mass is 19.4. The Kier molecular flexibility index (Phi) is 3.51. The van der Waals surface area contributed by atoms with Gasteiger partial charge in [0.1, 0.15) is 0 Å². The van der Waals surface area contributed by atoms with E-state index in [4.69, 9.17) is 5.11 Å². The first kappa shape index (κ1) is 14.8. The second-order valence-corrected chi connectivity index (χ2v) is 4.85. The average Bonchev–Trinajstić information content (AvgIpc) is 2.69. The molecule has 2 N–H and O–H groups in total. The number of amides is 1. The Hall–Kier alpha value is -1.61. The van der Waals surface area contributed by atoms with Crippen molar-refractivity contribution in [2.75, 3.05) is 13.1 Å². The van der Waals surface area contributed by atoms with Crippen molar-refractivity contribution in [2.45, 2.75) is 24.3 Å². The van der Waals surface area contributed by atoms with Gasteiger partial charge < -0.3 is 19.7 Å². The van der Waals surface area contributed by atoms with Crippen molar-refractivity contribution in [3.63, 3.8) is 0 Å². The molecular weight excluding hydrogens is 279 g/mol. The molecule has 2 heterocycles. The zero-order chi connectivity index (χ0) is 15.1. The van der Waals surface area contributed by atoms with Gasteiger partial charge in [0.15, 0.2) is 5.82 Å². The van der Waals surface area contributed by atoms with Crippen LogP contribution in [0, 0.1) is 0 Å². The summed E-state index contributed by atoms with van der Waals surface area (Å²) < 4.78 is 40.5. The van der Waals surface area contributed by atoms with E-state index in [0.717, 1.165) is 15.7 Å². The molecule has 1 saturated heterocycles. The number of aliphatic hydroxyl groups excluding tert-OH is 1. The normalized spacial score (nSPS) is 19.6. The van der Waals surface area contributed by atoms with Crippen LogP contribution in [0.5, 0.6) is 0 Å². The highest BCUT2D eigenvalue weighted by molar-refractivity contribution is 5.78. The second kappa shape index (κ2) is 4.74. The lowest BCUT2D eigenvalue weighted by Crippen LogP contribution is -2.56. The molecule has 0 radical (unpaired) electrons. The van der Waals surface area contributed by atoms with E-state index < -0.39 is 36.0 Å². The van der Waals surface area contributed by atoms with Gasteiger partial charge in [0.2, 0.25) is 11.5 Å². The molecule has 2 rings (SSSR count). The molecule has 1 amide bonds. The molecule has 0 saturated carbocycles. The highest BCUT2D eigenvalue weighted by Crippen LogP contribution is 2.41. The monoisotopic (exact) mass is 293 g/mol. The Balaban J connectivity index is 2.25. The van der Waals surface area contributed by atoms with E-state index in [0.29, 0.717) is 0 Å². The van der Waals surface area contributed by atoms with Gasteiger partial charge in [-0.2, -0.15) is 13.2 Å². The number of carbonyl (C=O) groups is 1. The molecule has 20 heavy (non-hydrogen) atoms. The van der Waals surface area contributed by atoms with Crippen LogP contribution in [0.25, 0.3) is 0 Å². The first-order valence-electron chi connectivity index (χ1n) is 5.88. The van der Waals surface area contributed by atoms with E-state index in [2.05, 4.69) is 4.98 Å². The summed E-state index contributed by atoms with van der Waals surface area (Å²) in [6.45, 7) is -0.0410. The summed E-state index contributed by atoms with van der Waals surface area (Å²) in [5.41, 5.74) is -3.34. The van der Waals surface area contributed by atoms with Crippen LogP contribution in [0.3, 0.4) is 0 Å². The van der Waals surface area contributed by atoms with Gasteiger partial charge in [-0.3, -0.25) is 4.79 Å². The summed E-state index contributed by atoms with van der Waals surface area (Å²) in [5.74, 6) is -1.52. The first-order valence-corrected chi connectivity index (χ1v) is 5.88. The van der Waals surface area contributed by atoms with Crippen molar-refractivity contribution >= 4 is 5.91 Å². The molecule has 6 nitrogen and oxygen atoms in total. The van der Waals surface area contributed by atoms with Crippen LogP contribution in [0.2, 0.25) is 0 Å². The van der Waals surface area contributed by atoms with Gasteiger partial charge in [-0.25, -0.2) is 4.98 Å². The summed E-state index contributed by atoms with van der Waals surface area (Å²) in [4.78, 5) is 16.3. The van der Waals surface area contributed by atoms with E-state index in [-0.39, 0.29) is 13.1 Å². The largest absolute Gasteiger partial charge is 0.425 e. The predicted octanol–water partition coefficient (Wildman–Crippen LogP) is -0.237. The predicted molar refractivity (Wildman–Crippen MR) is 60.4 cm³/mol.